The molecular weight excluding hydrogens is 456 g/mol. The molecule has 0 aliphatic heterocycles. The van der Waals surface area contributed by atoms with E-state index in [1.807, 2.05) is 0 Å². The van der Waals surface area contributed by atoms with Gasteiger partial charge in [0.2, 0.25) is 0 Å². The van der Waals surface area contributed by atoms with Crippen LogP contribution in [-0.4, -0.2) is 49.1 Å². The minimum Gasteiger partial charge on any atom is -0.469 e. The van der Waals surface area contributed by atoms with Gasteiger partial charge in [-0.25, -0.2) is 0 Å². The van der Waals surface area contributed by atoms with Gasteiger partial charge in [-0.3, -0.25) is 9.59 Å². The van der Waals surface area contributed by atoms with E-state index in [2.05, 4.69) is 13.8 Å². The second kappa shape index (κ2) is 9.55. The number of rotatable bonds is 5. The molecule has 2 N–H and O–H groups in total. The molecular formula is C30H46O6. The molecule has 202 valence electrons. The van der Waals surface area contributed by atoms with E-state index in [1.165, 1.54) is 45.6 Å². The molecule has 6 nitrogen and oxygen atoms in total. The molecule has 0 spiro atoms. The van der Waals surface area contributed by atoms with Crippen molar-refractivity contribution in [2.45, 2.75) is 58.8 Å². The van der Waals surface area contributed by atoms with E-state index in [9.17, 15) is 9.59 Å². The molecule has 7 aliphatic carbocycles. The van der Waals surface area contributed by atoms with Gasteiger partial charge in [-0.1, -0.05) is 13.8 Å². The lowest BCUT2D eigenvalue weighted by Crippen LogP contribution is -2.47. The van der Waals surface area contributed by atoms with Crippen molar-refractivity contribution in [3.63, 3.8) is 0 Å². The topological polar surface area (TPSA) is 93.1 Å². The molecule has 14 unspecified atom stereocenters. The van der Waals surface area contributed by atoms with E-state index < -0.39 is 0 Å². The molecule has 0 radical (unpaired) electrons. The molecule has 0 aromatic rings. The van der Waals surface area contributed by atoms with Crippen LogP contribution >= 0.6 is 0 Å². The molecule has 7 aliphatic rings. The zero-order chi connectivity index (χ0) is 25.3. The summed E-state index contributed by atoms with van der Waals surface area (Å²) in [6, 6.07) is 0. The number of hydrogen-bond acceptors (Lipinski definition) is 6. The Kier molecular flexibility index (Phi) is 6.68. The molecule has 36 heavy (non-hydrogen) atoms. The summed E-state index contributed by atoms with van der Waals surface area (Å²) in [4.78, 5) is 25.1. The van der Waals surface area contributed by atoms with E-state index in [4.69, 9.17) is 19.7 Å². The fourth-order valence-electron chi connectivity index (χ4n) is 11.5. The van der Waals surface area contributed by atoms with Crippen molar-refractivity contribution in [1.29, 1.82) is 0 Å². The van der Waals surface area contributed by atoms with Gasteiger partial charge in [-0.15, -0.1) is 0 Å². The van der Waals surface area contributed by atoms with Gasteiger partial charge in [-0.05, 0) is 122 Å². The highest BCUT2D eigenvalue weighted by molar-refractivity contribution is 5.84. The average molecular weight is 503 g/mol. The van der Waals surface area contributed by atoms with Gasteiger partial charge < -0.3 is 19.7 Å². The van der Waals surface area contributed by atoms with Crippen LogP contribution in [0.15, 0.2) is 0 Å². The Bertz CT molecular complexity index is 840. The van der Waals surface area contributed by atoms with Crippen molar-refractivity contribution in [1.82, 2.24) is 0 Å². The number of carbonyl (C=O) groups excluding carboxylic acids is 2. The van der Waals surface area contributed by atoms with Crippen LogP contribution in [0.25, 0.3) is 0 Å². The molecule has 6 heteroatoms. The van der Waals surface area contributed by atoms with Crippen molar-refractivity contribution >= 4 is 11.9 Å². The van der Waals surface area contributed by atoms with Gasteiger partial charge >= 0.3 is 11.9 Å². The molecule has 0 heterocycles. The summed E-state index contributed by atoms with van der Waals surface area (Å²) in [5.74, 6) is 8.05. The largest absolute Gasteiger partial charge is 0.469 e. The maximum absolute atomic E-state index is 12.6. The van der Waals surface area contributed by atoms with Crippen LogP contribution in [0, 0.1) is 88.8 Å². The lowest BCUT2D eigenvalue weighted by atomic mass is 9.59. The maximum Gasteiger partial charge on any atom is 0.310 e. The van der Waals surface area contributed by atoms with Crippen LogP contribution in [0.3, 0.4) is 0 Å². The molecule has 0 aromatic carbocycles. The molecule has 0 amide bonds. The standard InChI is InChI=1S/C19H28O5.C11H18O/c1-8-9(2)11-6-10(8)14-12-7-13(15(11)14)17(16(12)18(21)23-3)19(22)24-5-4-20;12-6-7-3-10-8-1-2-9(5-8)11(10)4-7/h8-17,20H,4-7H2,1-3H3;7-12H,1-6H2. The van der Waals surface area contributed by atoms with Gasteiger partial charge in [0, 0.05) is 6.61 Å². The molecule has 7 saturated carbocycles. The quantitative estimate of drug-likeness (QED) is 0.439. The first-order valence-electron chi connectivity index (χ1n) is 14.9. The third kappa shape index (κ3) is 3.63. The average Bonchev–Trinajstić information content (AvgIpc) is 3.72. The number of aliphatic hydroxyl groups is 2. The monoisotopic (exact) mass is 502 g/mol. The van der Waals surface area contributed by atoms with E-state index in [-0.39, 0.29) is 48.8 Å². The summed E-state index contributed by atoms with van der Waals surface area (Å²) >= 11 is 0. The zero-order valence-corrected chi connectivity index (χ0v) is 22.3. The lowest BCUT2D eigenvalue weighted by molar-refractivity contribution is -0.166. The van der Waals surface area contributed by atoms with Crippen molar-refractivity contribution < 1.29 is 29.3 Å². The number of hydrogen-bond donors (Lipinski definition) is 2. The smallest absolute Gasteiger partial charge is 0.310 e. The van der Waals surface area contributed by atoms with E-state index in [1.54, 1.807) is 0 Å². The molecule has 14 atom stereocenters. The Labute approximate surface area is 215 Å². The highest BCUT2D eigenvalue weighted by Gasteiger charge is 2.71. The zero-order valence-electron chi connectivity index (χ0n) is 22.3. The van der Waals surface area contributed by atoms with Crippen LogP contribution in [-0.2, 0) is 19.1 Å². The summed E-state index contributed by atoms with van der Waals surface area (Å²) in [6.45, 7) is 4.99. The Hall–Kier alpha value is -1.14. The summed E-state index contributed by atoms with van der Waals surface area (Å²) in [7, 11) is 1.41. The van der Waals surface area contributed by atoms with Crippen LogP contribution in [0.4, 0.5) is 0 Å². The minimum atomic E-state index is -0.378. The van der Waals surface area contributed by atoms with Crippen molar-refractivity contribution in [2.24, 2.45) is 88.8 Å². The molecule has 0 saturated heterocycles. The lowest BCUT2D eigenvalue weighted by Gasteiger charge is -2.45. The first-order valence-corrected chi connectivity index (χ1v) is 14.9. The van der Waals surface area contributed by atoms with E-state index >= 15 is 0 Å². The number of ether oxygens (including phenoxy) is 2. The Morgan fingerprint density at radius 3 is 1.75 bits per heavy atom. The molecule has 6 bridgehead atoms. The number of esters is 2. The normalized spacial score (nSPS) is 52.6. The van der Waals surface area contributed by atoms with Gasteiger partial charge in [0.15, 0.2) is 0 Å². The second-order valence-electron chi connectivity index (χ2n) is 13.6. The summed E-state index contributed by atoms with van der Waals surface area (Å²) < 4.78 is 10.3. The predicted molar refractivity (Wildman–Crippen MR) is 133 cm³/mol. The fourth-order valence-corrected chi connectivity index (χ4v) is 11.5. The number of methoxy groups -OCH3 is 1. The molecule has 7 fully saturated rings. The van der Waals surface area contributed by atoms with Crippen LogP contribution in [0.2, 0.25) is 0 Å². The van der Waals surface area contributed by atoms with Gasteiger partial charge in [0.05, 0.1) is 25.6 Å². The molecule has 0 aromatic heterocycles. The van der Waals surface area contributed by atoms with E-state index in [0.29, 0.717) is 48.0 Å². The predicted octanol–water partition coefficient (Wildman–Crippen LogP) is 3.78. The molecule has 7 rings (SSSR count). The number of fused-ring (bicyclic) bond motifs is 14. The van der Waals surface area contributed by atoms with Crippen molar-refractivity contribution in [3.8, 4) is 0 Å². The highest BCUT2D eigenvalue weighted by Crippen LogP contribution is 2.72. The summed E-state index contributed by atoms with van der Waals surface area (Å²) in [5.41, 5.74) is 0. The van der Waals surface area contributed by atoms with Gasteiger partial charge in [0.1, 0.15) is 6.61 Å². The van der Waals surface area contributed by atoms with Crippen molar-refractivity contribution in [3.05, 3.63) is 0 Å². The third-order valence-electron chi connectivity index (χ3n) is 12.8. The van der Waals surface area contributed by atoms with Gasteiger partial charge in [0.25, 0.3) is 0 Å². The third-order valence-corrected chi connectivity index (χ3v) is 12.8. The SMILES string of the molecule is COC(=O)C1C2CC(C1C(=O)OCCO)C1C3CC(C(C)C3C)C21.OCC1CC2C3CCC(C3)C2C1. The summed E-state index contributed by atoms with van der Waals surface area (Å²) in [6.07, 6.45) is 9.46. The minimum absolute atomic E-state index is 0.00813. The van der Waals surface area contributed by atoms with Crippen LogP contribution in [0.5, 0.6) is 0 Å². The van der Waals surface area contributed by atoms with Crippen LogP contribution in [0.1, 0.15) is 58.8 Å². The van der Waals surface area contributed by atoms with Gasteiger partial charge in [-0.2, -0.15) is 0 Å². The fraction of sp³-hybridized carbons (Fsp3) is 0.933. The number of carbonyl (C=O) groups is 2. The Balaban J connectivity index is 0.000000166. The van der Waals surface area contributed by atoms with Crippen LogP contribution < -0.4 is 0 Å². The Morgan fingerprint density at radius 1 is 0.722 bits per heavy atom. The highest BCUT2D eigenvalue weighted by atomic mass is 16.5. The first-order chi connectivity index (χ1) is 17.4. The first kappa shape index (κ1) is 25.2. The maximum atomic E-state index is 12.6. The van der Waals surface area contributed by atoms with E-state index in [0.717, 1.165) is 30.1 Å². The number of aliphatic hydroxyl groups excluding tert-OH is 2. The second-order valence-corrected chi connectivity index (χ2v) is 13.6. The Morgan fingerprint density at radius 2 is 1.25 bits per heavy atom. The summed E-state index contributed by atoms with van der Waals surface area (Å²) in [5, 5.41) is 18.1. The van der Waals surface area contributed by atoms with Crippen molar-refractivity contribution in [2.75, 3.05) is 26.9 Å².